The van der Waals surface area contributed by atoms with Gasteiger partial charge in [-0.3, -0.25) is 9.69 Å². The van der Waals surface area contributed by atoms with Crippen molar-refractivity contribution in [3.8, 4) is 11.5 Å². The highest BCUT2D eigenvalue weighted by Gasteiger charge is 2.33. The summed E-state index contributed by atoms with van der Waals surface area (Å²) in [6.07, 6.45) is 3.14. The molecular formula is C23H17NO5S2. The second kappa shape index (κ2) is 9.20. The molecule has 1 amide bonds. The van der Waals surface area contributed by atoms with Crippen molar-refractivity contribution in [3.63, 3.8) is 0 Å². The quantitative estimate of drug-likeness (QED) is 0.218. The van der Waals surface area contributed by atoms with E-state index in [2.05, 4.69) is 0 Å². The van der Waals surface area contributed by atoms with Crippen molar-refractivity contribution in [2.75, 3.05) is 11.5 Å². The molecule has 1 aliphatic rings. The number of rotatable bonds is 6. The second-order valence-electron chi connectivity index (χ2n) is 6.36. The molecule has 4 rings (SSSR count). The zero-order chi connectivity index (χ0) is 21.8. The van der Waals surface area contributed by atoms with E-state index in [1.165, 1.54) is 29.0 Å². The van der Waals surface area contributed by atoms with Gasteiger partial charge < -0.3 is 13.9 Å². The van der Waals surface area contributed by atoms with Gasteiger partial charge in [-0.05, 0) is 55.0 Å². The Bertz CT molecular complexity index is 1160. The zero-order valence-electron chi connectivity index (χ0n) is 16.4. The van der Waals surface area contributed by atoms with Crippen molar-refractivity contribution >= 4 is 51.9 Å². The van der Waals surface area contributed by atoms with E-state index in [1.54, 1.807) is 30.3 Å². The average Bonchev–Trinajstić information content (AvgIpc) is 3.39. The Morgan fingerprint density at radius 3 is 2.65 bits per heavy atom. The minimum atomic E-state index is -0.623. The third-order valence-electron chi connectivity index (χ3n) is 4.30. The maximum Gasteiger partial charge on any atom is 0.379 e. The summed E-state index contributed by atoms with van der Waals surface area (Å²) in [6, 6.07) is 17.5. The molecule has 156 valence electrons. The molecule has 0 aliphatic carbocycles. The summed E-state index contributed by atoms with van der Waals surface area (Å²) in [5.74, 6) is -0.0713. The van der Waals surface area contributed by atoms with Crippen molar-refractivity contribution < 1.29 is 23.5 Å². The van der Waals surface area contributed by atoms with Crippen LogP contribution in [0.4, 0.5) is 5.69 Å². The molecule has 3 aromatic rings. The van der Waals surface area contributed by atoms with Crippen LogP contribution in [0.1, 0.15) is 23.0 Å². The number of ether oxygens (including phenoxy) is 2. The second-order valence-corrected chi connectivity index (χ2v) is 8.03. The van der Waals surface area contributed by atoms with E-state index in [9.17, 15) is 9.59 Å². The predicted molar refractivity (Wildman–Crippen MR) is 123 cm³/mol. The fourth-order valence-corrected chi connectivity index (χ4v) is 4.23. The Morgan fingerprint density at radius 1 is 1.13 bits per heavy atom. The van der Waals surface area contributed by atoms with Crippen LogP contribution in [0.2, 0.25) is 0 Å². The van der Waals surface area contributed by atoms with Gasteiger partial charge in [0.15, 0.2) is 15.8 Å². The van der Waals surface area contributed by atoms with Crippen molar-refractivity contribution in [2.24, 2.45) is 0 Å². The Kier molecular flexibility index (Phi) is 6.20. The number of carbonyl (C=O) groups excluding carboxylic acids is 2. The lowest BCUT2D eigenvalue weighted by atomic mass is 10.1. The van der Waals surface area contributed by atoms with Crippen LogP contribution in [0.5, 0.6) is 11.5 Å². The molecule has 6 nitrogen and oxygen atoms in total. The number of nitrogens with zero attached hydrogens (tertiary/aromatic N) is 1. The summed E-state index contributed by atoms with van der Waals surface area (Å²) >= 11 is 6.64. The van der Waals surface area contributed by atoms with Gasteiger partial charge in [0.25, 0.3) is 5.91 Å². The Labute approximate surface area is 188 Å². The smallest absolute Gasteiger partial charge is 0.379 e. The van der Waals surface area contributed by atoms with Crippen LogP contribution in [0.15, 0.2) is 76.2 Å². The van der Waals surface area contributed by atoms with E-state index in [0.29, 0.717) is 21.6 Å². The van der Waals surface area contributed by atoms with Crippen molar-refractivity contribution in [1.82, 2.24) is 0 Å². The number of furan rings is 1. The number of hydrogen-bond acceptors (Lipinski definition) is 7. The third kappa shape index (κ3) is 4.55. The Morgan fingerprint density at radius 2 is 1.94 bits per heavy atom. The third-order valence-corrected chi connectivity index (χ3v) is 5.60. The standard InChI is InChI=1S/C23H17NO5S2/c1-2-27-19-13-15(10-11-17(19)29-22(26)18-9-6-12-28-18)14-20-21(25)24(23(30)31-20)16-7-4-3-5-8-16/h3-14H,2H2,1H3/b20-14+. The minimum Gasteiger partial charge on any atom is -0.490 e. The van der Waals surface area contributed by atoms with Gasteiger partial charge in [-0.2, -0.15) is 0 Å². The van der Waals surface area contributed by atoms with Gasteiger partial charge in [0.05, 0.1) is 23.5 Å². The van der Waals surface area contributed by atoms with Crippen LogP contribution in [0.3, 0.4) is 0 Å². The lowest BCUT2D eigenvalue weighted by Gasteiger charge is -2.13. The molecule has 31 heavy (non-hydrogen) atoms. The van der Waals surface area contributed by atoms with E-state index in [0.717, 1.165) is 11.3 Å². The van der Waals surface area contributed by atoms with Gasteiger partial charge in [-0.15, -0.1) is 0 Å². The van der Waals surface area contributed by atoms with Crippen LogP contribution >= 0.6 is 24.0 Å². The van der Waals surface area contributed by atoms with Gasteiger partial charge in [0, 0.05) is 0 Å². The molecule has 0 bridgehead atoms. The lowest BCUT2D eigenvalue weighted by molar-refractivity contribution is -0.113. The maximum atomic E-state index is 12.9. The fourth-order valence-electron chi connectivity index (χ4n) is 2.93. The van der Waals surface area contributed by atoms with Crippen LogP contribution < -0.4 is 14.4 Å². The first-order valence-corrected chi connectivity index (χ1v) is 10.6. The van der Waals surface area contributed by atoms with Crippen molar-refractivity contribution in [1.29, 1.82) is 0 Å². The van der Waals surface area contributed by atoms with Crippen molar-refractivity contribution in [3.05, 3.63) is 83.2 Å². The van der Waals surface area contributed by atoms with Crippen molar-refractivity contribution in [2.45, 2.75) is 6.92 Å². The monoisotopic (exact) mass is 451 g/mol. The molecular weight excluding hydrogens is 434 g/mol. The topological polar surface area (TPSA) is 69.0 Å². The summed E-state index contributed by atoms with van der Waals surface area (Å²) < 4.78 is 16.6. The summed E-state index contributed by atoms with van der Waals surface area (Å²) in [7, 11) is 0. The number of amides is 1. The molecule has 2 aromatic carbocycles. The Hall–Kier alpha value is -3.36. The maximum absolute atomic E-state index is 12.9. The summed E-state index contributed by atoms with van der Waals surface area (Å²) in [6.45, 7) is 2.21. The van der Waals surface area contributed by atoms with Gasteiger partial charge >= 0.3 is 5.97 Å². The van der Waals surface area contributed by atoms with E-state index in [-0.39, 0.29) is 17.4 Å². The van der Waals surface area contributed by atoms with E-state index < -0.39 is 5.97 Å². The number of thiocarbonyl (C=S) groups is 1. The molecule has 1 aromatic heterocycles. The summed E-state index contributed by atoms with van der Waals surface area (Å²) in [4.78, 5) is 27.1. The average molecular weight is 452 g/mol. The number of hydrogen-bond donors (Lipinski definition) is 0. The molecule has 2 heterocycles. The Balaban J connectivity index is 1.59. The molecule has 1 fully saturated rings. The molecule has 0 saturated carbocycles. The highest BCUT2D eigenvalue weighted by molar-refractivity contribution is 8.27. The summed E-state index contributed by atoms with van der Waals surface area (Å²) in [5, 5.41) is 0. The van der Waals surface area contributed by atoms with Gasteiger partial charge in [-0.1, -0.05) is 48.2 Å². The molecule has 0 radical (unpaired) electrons. The SMILES string of the molecule is CCOc1cc(/C=C2/SC(=S)N(c3ccccc3)C2=O)ccc1OC(=O)c1ccco1. The first-order chi connectivity index (χ1) is 15.1. The molecule has 1 saturated heterocycles. The van der Waals surface area contributed by atoms with E-state index >= 15 is 0 Å². The molecule has 0 N–H and O–H groups in total. The number of thioether (sulfide) groups is 1. The minimum absolute atomic E-state index is 0.0936. The first-order valence-electron chi connectivity index (χ1n) is 9.42. The summed E-state index contributed by atoms with van der Waals surface area (Å²) in [5.41, 5.74) is 1.44. The largest absolute Gasteiger partial charge is 0.490 e. The van der Waals surface area contributed by atoms with Crippen LogP contribution in [-0.2, 0) is 4.79 Å². The van der Waals surface area contributed by atoms with Crippen LogP contribution in [-0.4, -0.2) is 22.8 Å². The number of esters is 1. The number of carbonyl (C=O) groups is 2. The fraction of sp³-hybridized carbons (Fsp3) is 0.0870. The van der Waals surface area contributed by atoms with Crippen LogP contribution in [0.25, 0.3) is 6.08 Å². The van der Waals surface area contributed by atoms with Gasteiger partial charge in [0.2, 0.25) is 5.76 Å². The molecule has 8 heteroatoms. The van der Waals surface area contributed by atoms with E-state index in [4.69, 9.17) is 26.1 Å². The first kappa shape index (κ1) is 20.9. The molecule has 0 atom stereocenters. The lowest BCUT2D eigenvalue weighted by Crippen LogP contribution is -2.27. The van der Waals surface area contributed by atoms with Crippen LogP contribution in [0, 0.1) is 0 Å². The number of anilines is 1. The number of para-hydroxylation sites is 1. The molecule has 0 unspecified atom stereocenters. The highest BCUT2D eigenvalue weighted by Crippen LogP contribution is 2.37. The van der Waals surface area contributed by atoms with Gasteiger partial charge in [0.1, 0.15) is 0 Å². The zero-order valence-corrected chi connectivity index (χ0v) is 18.1. The normalized spacial score (nSPS) is 14.9. The highest BCUT2D eigenvalue weighted by atomic mass is 32.2. The van der Waals surface area contributed by atoms with E-state index in [1.807, 2.05) is 37.3 Å². The molecule has 0 spiro atoms. The predicted octanol–water partition coefficient (Wildman–Crippen LogP) is 5.30. The van der Waals surface area contributed by atoms with Gasteiger partial charge in [-0.25, -0.2) is 4.79 Å². The number of benzene rings is 2. The molecule has 1 aliphatic heterocycles.